The Kier molecular flexibility index (Phi) is 9.35. The number of hydrogen-bond acceptors (Lipinski definition) is 6. The van der Waals surface area contributed by atoms with Crippen molar-refractivity contribution in [1.29, 1.82) is 0 Å². The van der Waals surface area contributed by atoms with Crippen LogP contribution in [-0.4, -0.2) is 77.0 Å². The number of carbonyl (C=O) groups is 1. The lowest BCUT2D eigenvalue weighted by molar-refractivity contribution is -0.133. The quantitative estimate of drug-likeness (QED) is 0.568. The van der Waals surface area contributed by atoms with Crippen molar-refractivity contribution in [3.05, 3.63) is 12.3 Å². The second-order valence-corrected chi connectivity index (χ2v) is 11.8. The molecule has 1 amide bonds. The van der Waals surface area contributed by atoms with Crippen molar-refractivity contribution < 1.29 is 4.79 Å². The molecule has 1 N–H and O–H groups in total. The molecule has 1 aromatic rings. The van der Waals surface area contributed by atoms with E-state index in [-0.39, 0.29) is 0 Å². The van der Waals surface area contributed by atoms with Crippen molar-refractivity contribution in [1.82, 2.24) is 19.8 Å². The van der Waals surface area contributed by atoms with E-state index in [0.29, 0.717) is 18.0 Å². The summed E-state index contributed by atoms with van der Waals surface area (Å²) in [6.45, 7) is 6.31. The van der Waals surface area contributed by atoms with Crippen molar-refractivity contribution in [2.24, 2.45) is 5.92 Å². The van der Waals surface area contributed by atoms with Gasteiger partial charge >= 0.3 is 0 Å². The number of aromatic nitrogens is 2. The van der Waals surface area contributed by atoms with Gasteiger partial charge in [0.1, 0.15) is 5.82 Å². The lowest BCUT2D eigenvalue weighted by Crippen LogP contribution is -2.49. The fraction of sp³-hybridized carbons (Fsp3) is 0.828. The van der Waals surface area contributed by atoms with Crippen molar-refractivity contribution >= 4 is 17.7 Å². The Morgan fingerprint density at radius 3 is 2.36 bits per heavy atom. The number of rotatable bonds is 7. The zero-order valence-corrected chi connectivity index (χ0v) is 22.4. The SMILES string of the molecule is O=C(CCC1CCCC1)N1CCC(N2CCCCC(Nc3nccc(N4CCCCCC4)n3)C2)CC1. The van der Waals surface area contributed by atoms with Crippen LogP contribution in [-0.2, 0) is 4.79 Å². The minimum atomic E-state index is 0.387. The molecule has 7 heteroatoms. The summed E-state index contributed by atoms with van der Waals surface area (Å²) in [5, 5.41) is 3.70. The number of hydrogen-bond donors (Lipinski definition) is 1. The van der Waals surface area contributed by atoms with E-state index < -0.39 is 0 Å². The summed E-state index contributed by atoms with van der Waals surface area (Å²) < 4.78 is 0. The van der Waals surface area contributed by atoms with E-state index in [1.165, 1.54) is 77.2 Å². The third-order valence-corrected chi connectivity index (χ3v) is 9.18. The van der Waals surface area contributed by atoms with Crippen LogP contribution in [0.5, 0.6) is 0 Å². The van der Waals surface area contributed by atoms with Gasteiger partial charge in [0.05, 0.1) is 0 Å². The second kappa shape index (κ2) is 13.1. The monoisotopic (exact) mass is 496 g/mol. The number of amides is 1. The molecule has 1 atom stereocenters. The lowest BCUT2D eigenvalue weighted by Gasteiger charge is -2.39. The highest BCUT2D eigenvalue weighted by atomic mass is 16.2. The molecule has 4 aliphatic rings. The summed E-state index contributed by atoms with van der Waals surface area (Å²) in [5.74, 6) is 3.07. The van der Waals surface area contributed by atoms with Gasteiger partial charge in [0, 0.05) is 57.4 Å². The molecule has 1 unspecified atom stereocenters. The van der Waals surface area contributed by atoms with Gasteiger partial charge in [0.15, 0.2) is 0 Å². The first-order valence-electron chi connectivity index (χ1n) is 15.1. The van der Waals surface area contributed by atoms with Crippen LogP contribution in [0.25, 0.3) is 0 Å². The normalized spacial score (nSPS) is 25.5. The smallest absolute Gasteiger partial charge is 0.224 e. The molecule has 1 aliphatic carbocycles. The fourth-order valence-electron chi connectivity index (χ4n) is 6.96. The highest BCUT2D eigenvalue weighted by Gasteiger charge is 2.30. The number of carbonyl (C=O) groups excluding carboxylic acids is 1. The number of nitrogens with zero attached hydrogens (tertiary/aromatic N) is 5. The first-order chi connectivity index (χ1) is 17.7. The third-order valence-electron chi connectivity index (χ3n) is 9.18. The van der Waals surface area contributed by atoms with Gasteiger partial charge in [-0.25, -0.2) is 4.98 Å². The molecular weight excluding hydrogens is 448 g/mol. The number of likely N-dealkylation sites (tertiary alicyclic amines) is 2. The standard InChI is InChI=1S/C29H48N6O/c36-28(13-12-24-9-3-4-10-24)34-21-15-26(16-22-34)35-20-8-5-11-25(23-35)31-29-30-17-14-27(32-29)33-18-6-1-2-7-19-33/h14,17,24-26H,1-13,15-16,18-23H2,(H,30,31,32). The van der Waals surface area contributed by atoms with Gasteiger partial charge in [0.25, 0.3) is 0 Å². The molecule has 1 saturated carbocycles. The average Bonchev–Trinajstić information content (AvgIpc) is 3.13. The molecule has 0 bridgehead atoms. The summed E-state index contributed by atoms with van der Waals surface area (Å²) in [4.78, 5) is 29.6. The Morgan fingerprint density at radius 1 is 0.861 bits per heavy atom. The van der Waals surface area contributed by atoms with Crippen molar-refractivity contribution in [2.45, 2.75) is 108 Å². The molecule has 4 heterocycles. The van der Waals surface area contributed by atoms with Crippen molar-refractivity contribution in [3.8, 4) is 0 Å². The Labute approximate surface area is 218 Å². The lowest BCUT2D eigenvalue weighted by atomic mass is 9.99. The molecule has 0 spiro atoms. The van der Waals surface area contributed by atoms with Crippen LogP contribution in [0.1, 0.15) is 96.3 Å². The Balaban J connectivity index is 1.10. The predicted octanol–water partition coefficient (Wildman–Crippen LogP) is 5.08. The topological polar surface area (TPSA) is 64.6 Å². The highest BCUT2D eigenvalue weighted by Crippen LogP contribution is 2.29. The summed E-state index contributed by atoms with van der Waals surface area (Å²) in [7, 11) is 0. The van der Waals surface area contributed by atoms with Gasteiger partial charge in [-0.2, -0.15) is 4.98 Å². The van der Waals surface area contributed by atoms with E-state index in [1.807, 2.05) is 6.20 Å². The molecule has 1 aromatic heterocycles. The van der Waals surface area contributed by atoms with E-state index in [9.17, 15) is 4.79 Å². The highest BCUT2D eigenvalue weighted by molar-refractivity contribution is 5.76. The summed E-state index contributed by atoms with van der Waals surface area (Å²) in [6.07, 6.45) is 20.3. The number of piperidine rings is 1. The molecular formula is C29H48N6O. The van der Waals surface area contributed by atoms with Crippen LogP contribution in [0.15, 0.2) is 12.3 Å². The van der Waals surface area contributed by atoms with Crippen LogP contribution in [0.3, 0.4) is 0 Å². The molecule has 7 nitrogen and oxygen atoms in total. The van der Waals surface area contributed by atoms with E-state index in [4.69, 9.17) is 4.98 Å². The van der Waals surface area contributed by atoms with Gasteiger partial charge in [-0.05, 0) is 63.5 Å². The fourth-order valence-corrected chi connectivity index (χ4v) is 6.96. The Bertz CT molecular complexity index is 812. The first-order valence-corrected chi connectivity index (χ1v) is 15.1. The maximum atomic E-state index is 12.8. The molecule has 3 aliphatic heterocycles. The Morgan fingerprint density at radius 2 is 1.58 bits per heavy atom. The van der Waals surface area contributed by atoms with Crippen LogP contribution in [0.4, 0.5) is 11.8 Å². The van der Waals surface area contributed by atoms with E-state index in [2.05, 4.69) is 31.1 Å². The van der Waals surface area contributed by atoms with Gasteiger partial charge in [-0.15, -0.1) is 0 Å². The van der Waals surface area contributed by atoms with Gasteiger partial charge in [-0.1, -0.05) is 44.9 Å². The zero-order valence-electron chi connectivity index (χ0n) is 22.4. The molecule has 36 heavy (non-hydrogen) atoms. The predicted molar refractivity (Wildman–Crippen MR) is 146 cm³/mol. The largest absolute Gasteiger partial charge is 0.356 e. The Hall–Kier alpha value is -1.89. The molecule has 0 aromatic carbocycles. The third kappa shape index (κ3) is 7.11. The van der Waals surface area contributed by atoms with Gasteiger partial charge < -0.3 is 15.1 Å². The maximum absolute atomic E-state index is 12.8. The molecule has 200 valence electrons. The van der Waals surface area contributed by atoms with E-state index >= 15 is 0 Å². The van der Waals surface area contributed by atoms with Crippen LogP contribution in [0, 0.1) is 5.92 Å². The van der Waals surface area contributed by atoms with Crippen LogP contribution >= 0.6 is 0 Å². The van der Waals surface area contributed by atoms with Crippen LogP contribution in [0.2, 0.25) is 0 Å². The van der Waals surface area contributed by atoms with E-state index in [0.717, 1.165) is 76.1 Å². The minimum Gasteiger partial charge on any atom is -0.356 e. The zero-order chi connectivity index (χ0) is 24.6. The van der Waals surface area contributed by atoms with Gasteiger partial charge in [0.2, 0.25) is 11.9 Å². The summed E-state index contributed by atoms with van der Waals surface area (Å²) in [6, 6.07) is 3.05. The number of anilines is 2. The van der Waals surface area contributed by atoms with Crippen LogP contribution < -0.4 is 10.2 Å². The van der Waals surface area contributed by atoms with Crippen molar-refractivity contribution in [3.63, 3.8) is 0 Å². The summed E-state index contributed by atoms with van der Waals surface area (Å²) in [5.41, 5.74) is 0. The van der Waals surface area contributed by atoms with E-state index in [1.54, 1.807) is 0 Å². The minimum absolute atomic E-state index is 0.387. The molecule has 0 radical (unpaired) electrons. The molecule has 3 saturated heterocycles. The maximum Gasteiger partial charge on any atom is 0.224 e. The van der Waals surface area contributed by atoms with Crippen molar-refractivity contribution in [2.75, 3.05) is 49.5 Å². The molecule has 4 fully saturated rings. The number of nitrogens with one attached hydrogen (secondary N) is 1. The second-order valence-electron chi connectivity index (χ2n) is 11.8. The average molecular weight is 497 g/mol. The molecule has 5 rings (SSSR count). The summed E-state index contributed by atoms with van der Waals surface area (Å²) >= 11 is 0. The first kappa shape index (κ1) is 25.7. The van der Waals surface area contributed by atoms with Gasteiger partial charge in [-0.3, -0.25) is 9.69 Å².